The normalized spacial score (nSPS) is 50.0. The molecule has 4 unspecified atom stereocenters. The maximum atomic E-state index is 9.92. The van der Waals surface area contributed by atoms with Gasteiger partial charge in [0.2, 0.25) is 0 Å². The summed E-state index contributed by atoms with van der Waals surface area (Å²) < 4.78 is 15.5. The van der Waals surface area contributed by atoms with Crippen molar-refractivity contribution >= 4 is 0 Å². The lowest BCUT2D eigenvalue weighted by atomic mass is 9.98. The zero-order chi connectivity index (χ0) is 16.4. The highest BCUT2D eigenvalue weighted by molar-refractivity contribution is 4.91. The Labute approximate surface area is 126 Å². The summed E-state index contributed by atoms with van der Waals surface area (Å²) in [5.41, 5.74) is 0. The molecule has 9 atom stereocenters. The van der Waals surface area contributed by atoms with Crippen LogP contribution in [-0.2, 0) is 14.2 Å². The standard InChI is InChI=1S/C12H22O10/c13-2-5-8(17)9(18)10(19)12(21-5)22-11-4(15)1-7(16)20-6(11)3-14/h4-19H,1-3H2/t4-,5?,6?,7?,8-,9-,10?,11-,12-/m1/s1. The molecule has 0 aliphatic carbocycles. The van der Waals surface area contributed by atoms with E-state index >= 15 is 0 Å². The van der Waals surface area contributed by atoms with Gasteiger partial charge in [0.1, 0.15) is 36.6 Å². The smallest absolute Gasteiger partial charge is 0.187 e. The zero-order valence-electron chi connectivity index (χ0n) is 11.7. The van der Waals surface area contributed by atoms with Gasteiger partial charge < -0.3 is 50.0 Å². The molecule has 2 saturated heterocycles. The van der Waals surface area contributed by atoms with E-state index in [1.165, 1.54) is 0 Å². The Hall–Kier alpha value is -0.400. The highest BCUT2D eigenvalue weighted by atomic mass is 16.7. The fourth-order valence-corrected chi connectivity index (χ4v) is 2.58. The highest BCUT2D eigenvalue weighted by Gasteiger charge is 2.47. The predicted molar refractivity (Wildman–Crippen MR) is 67.2 cm³/mol. The fourth-order valence-electron chi connectivity index (χ4n) is 2.58. The number of aliphatic hydroxyl groups excluding tert-OH is 7. The van der Waals surface area contributed by atoms with Gasteiger partial charge in [0.25, 0.3) is 0 Å². The fraction of sp³-hybridized carbons (Fsp3) is 1.00. The highest BCUT2D eigenvalue weighted by Crippen LogP contribution is 2.28. The first-order valence-corrected chi connectivity index (χ1v) is 6.97. The van der Waals surface area contributed by atoms with Crippen LogP contribution in [0.4, 0.5) is 0 Å². The van der Waals surface area contributed by atoms with Gasteiger partial charge in [-0.3, -0.25) is 0 Å². The Kier molecular flexibility index (Phi) is 6.07. The topological polar surface area (TPSA) is 169 Å². The van der Waals surface area contributed by atoms with E-state index in [0.717, 1.165) is 0 Å². The van der Waals surface area contributed by atoms with Crippen LogP contribution >= 0.6 is 0 Å². The van der Waals surface area contributed by atoms with Crippen molar-refractivity contribution < 1.29 is 50.0 Å². The molecule has 22 heavy (non-hydrogen) atoms. The van der Waals surface area contributed by atoms with Gasteiger partial charge in [0, 0.05) is 6.42 Å². The van der Waals surface area contributed by atoms with Crippen molar-refractivity contribution in [2.24, 2.45) is 0 Å². The lowest BCUT2D eigenvalue weighted by Crippen LogP contribution is -2.62. The van der Waals surface area contributed by atoms with Gasteiger partial charge in [-0.05, 0) is 0 Å². The molecule has 7 N–H and O–H groups in total. The first-order chi connectivity index (χ1) is 10.4. The Morgan fingerprint density at radius 3 is 2.05 bits per heavy atom. The first-order valence-electron chi connectivity index (χ1n) is 6.97. The minimum Gasteiger partial charge on any atom is -0.394 e. The van der Waals surface area contributed by atoms with E-state index in [0.29, 0.717) is 0 Å². The van der Waals surface area contributed by atoms with Gasteiger partial charge in [0.15, 0.2) is 12.6 Å². The van der Waals surface area contributed by atoms with E-state index in [9.17, 15) is 30.6 Å². The van der Waals surface area contributed by atoms with Gasteiger partial charge in [-0.1, -0.05) is 0 Å². The average molecular weight is 326 g/mol. The molecule has 0 saturated carbocycles. The third-order valence-electron chi connectivity index (χ3n) is 3.84. The molecule has 2 aliphatic rings. The Bertz CT molecular complexity index is 353. The third kappa shape index (κ3) is 3.57. The van der Waals surface area contributed by atoms with Gasteiger partial charge in [-0.25, -0.2) is 0 Å². The molecular formula is C12H22O10. The third-order valence-corrected chi connectivity index (χ3v) is 3.84. The molecule has 0 bridgehead atoms. The van der Waals surface area contributed by atoms with Crippen molar-refractivity contribution in [3.8, 4) is 0 Å². The van der Waals surface area contributed by atoms with Gasteiger partial charge in [-0.2, -0.15) is 0 Å². The molecule has 0 amide bonds. The largest absolute Gasteiger partial charge is 0.394 e. The van der Waals surface area contributed by atoms with Gasteiger partial charge in [0.05, 0.1) is 19.3 Å². The second-order valence-electron chi connectivity index (χ2n) is 5.41. The monoisotopic (exact) mass is 326 g/mol. The van der Waals surface area contributed by atoms with Crippen LogP contribution in [0.2, 0.25) is 0 Å². The van der Waals surface area contributed by atoms with Crippen LogP contribution in [-0.4, -0.2) is 104 Å². The van der Waals surface area contributed by atoms with Crippen molar-refractivity contribution in [3.63, 3.8) is 0 Å². The van der Waals surface area contributed by atoms with E-state index in [2.05, 4.69) is 0 Å². The van der Waals surface area contributed by atoms with E-state index in [4.69, 9.17) is 19.3 Å². The molecule has 0 spiro atoms. The van der Waals surface area contributed by atoms with Crippen LogP contribution in [0.5, 0.6) is 0 Å². The lowest BCUT2D eigenvalue weighted by molar-refractivity contribution is -0.342. The molecule has 2 aliphatic heterocycles. The molecule has 2 rings (SSSR count). The predicted octanol–water partition coefficient (Wildman–Crippen LogP) is -4.37. The van der Waals surface area contributed by atoms with Crippen molar-refractivity contribution in [1.82, 2.24) is 0 Å². The molecule has 0 aromatic carbocycles. The Morgan fingerprint density at radius 2 is 1.45 bits per heavy atom. The molecule has 10 heteroatoms. The minimum absolute atomic E-state index is 0.168. The van der Waals surface area contributed by atoms with Crippen molar-refractivity contribution in [2.45, 2.75) is 61.7 Å². The van der Waals surface area contributed by atoms with Crippen LogP contribution < -0.4 is 0 Å². The second kappa shape index (κ2) is 7.45. The maximum absolute atomic E-state index is 9.92. The van der Waals surface area contributed by atoms with E-state index < -0.39 is 68.5 Å². The van der Waals surface area contributed by atoms with Crippen LogP contribution in [0.1, 0.15) is 6.42 Å². The quantitative estimate of drug-likeness (QED) is 0.268. The molecule has 0 radical (unpaired) electrons. The molecule has 10 nitrogen and oxygen atoms in total. The maximum Gasteiger partial charge on any atom is 0.187 e. The van der Waals surface area contributed by atoms with Crippen LogP contribution in [0.3, 0.4) is 0 Å². The number of ether oxygens (including phenoxy) is 3. The van der Waals surface area contributed by atoms with Crippen molar-refractivity contribution in [1.29, 1.82) is 0 Å². The summed E-state index contributed by atoms with van der Waals surface area (Å²) in [5.74, 6) is 0. The van der Waals surface area contributed by atoms with Crippen LogP contribution in [0.15, 0.2) is 0 Å². The Balaban J connectivity index is 2.07. The van der Waals surface area contributed by atoms with E-state index in [1.807, 2.05) is 0 Å². The summed E-state index contributed by atoms with van der Waals surface area (Å²) in [6.07, 6.45) is -12.2. The van der Waals surface area contributed by atoms with E-state index in [1.54, 1.807) is 0 Å². The molecule has 0 aromatic heterocycles. The number of aliphatic hydroxyl groups is 7. The Morgan fingerprint density at radius 1 is 0.818 bits per heavy atom. The summed E-state index contributed by atoms with van der Waals surface area (Å²) in [7, 11) is 0. The van der Waals surface area contributed by atoms with Gasteiger partial charge >= 0.3 is 0 Å². The molecule has 0 aromatic rings. The van der Waals surface area contributed by atoms with Crippen molar-refractivity contribution in [2.75, 3.05) is 13.2 Å². The summed E-state index contributed by atoms with van der Waals surface area (Å²) in [6.45, 7) is -1.17. The van der Waals surface area contributed by atoms with Crippen LogP contribution in [0, 0.1) is 0 Å². The number of rotatable bonds is 4. The first kappa shape index (κ1) is 17.9. The average Bonchev–Trinajstić information content (AvgIpc) is 2.49. The number of hydrogen-bond acceptors (Lipinski definition) is 10. The summed E-state index contributed by atoms with van der Waals surface area (Å²) >= 11 is 0. The molecule has 130 valence electrons. The summed E-state index contributed by atoms with van der Waals surface area (Å²) in [4.78, 5) is 0. The van der Waals surface area contributed by atoms with Gasteiger partial charge in [-0.15, -0.1) is 0 Å². The zero-order valence-corrected chi connectivity index (χ0v) is 11.7. The molecule has 2 fully saturated rings. The molecule has 2 heterocycles. The summed E-state index contributed by atoms with van der Waals surface area (Å²) in [6, 6.07) is 0. The number of hydrogen-bond donors (Lipinski definition) is 7. The van der Waals surface area contributed by atoms with E-state index in [-0.39, 0.29) is 6.42 Å². The molecular weight excluding hydrogens is 304 g/mol. The minimum atomic E-state index is -1.63. The second-order valence-corrected chi connectivity index (χ2v) is 5.41. The van der Waals surface area contributed by atoms with Crippen molar-refractivity contribution in [3.05, 3.63) is 0 Å². The van der Waals surface area contributed by atoms with Crippen LogP contribution in [0.25, 0.3) is 0 Å². The lowest BCUT2D eigenvalue weighted by Gasteiger charge is -2.44. The SMILES string of the molecule is OCC1O[C@H](O[C@H]2C(CO)OC(O)C[C@H]2O)C(O)[C@H](O)[C@@H]1O. The summed E-state index contributed by atoms with van der Waals surface area (Å²) in [5, 5.41) is 66.8.